The quantitative estimate of drug-likeness (QED) is 0.835. The Hall–Kier alpha value is -1.30. The molecule has 0 saturated carbocycles. The zero-order valence-corrected chi connectivity index (χ0v) is 13.1. The second kappa shape index (κ2) is 5.00. The molecule has 0 radical (unpaired) electrons. The van der Waals surface area contributed by atoms with Crippen molar-refractivity contribution in [3.05, 3.63) is 16.2 Å². The van der Waals surface area contributed by atoms with Crippen LogP contribution in [0.3, 0.4) is 0 Å². The molecule has 2 heterocycles. The third-order valence-corrected chi connectivity index (χ3v) is 3.39. The van der Waals surface area contributed by atoms with Gasteiger partial charge in [0.2, 0.25) is 5.88 Å². The summed E-state index contributed by atoms with van der Waals surface area (Å²) in [6.45, 7) is 6.10. The van der Waals surface area contributed by atoms with E-state index in [1.807, 2.05) is 26.8 Å². The lowest BCUT2D eigenvalue weighted by atomic mass is 9.98. The fraction of sp³-hybridized carbons (Fsp3) is 0.538. The number of hydrogen-bond acceptors (Lipinski definition) is 5. The zero-order valence-electron chi connectivity index (χ0n) is 11.5. The van der Waals surface area contributed by atoms with Crippen LogP contribution in [0, 0.1) is 5.41 Å². The largest absolute Gasteiger partial charge is 0.480 e. The van der Waals surface area contributed by atoms with E-state index in [0.717, 1.165) is 22.3 Å². The van der Waals surface area contributed by atoms with Crippen molar-refractivity contribution in [2.75, 3.05) is 18.7 Å². The first-order valence-corrected chi connectivity index (χ1v) is 6.85. The van der Waals surface area contributed by atoms with Gasteiger partial charge in [-0.2, -0.15) is 0 Å². The zero-order chi connectivity index (χ0) is 14.2. The molecule has 0 atom stereocenters. The molecule has 5 nitrogen and oxygen atoms in total. The van der Waals surface area contributed by atoms with Gasteiger partial charge in [0.25, 0.3) is 0 Å². The van der Waals surface area contributed by atoms with Gasteiger partial charge in [-0.25, -0.2) is 14.8 Å². The predicted molar refractivity (Wildman–Crippen MR) is 75.1 cm³/mol. The van der Waals surface area contributed by atoms with Crippen LogP contribution in [0.25, 0.3) is 0 Å². The van der Waals surface area contributed by atoms with Crippen molar-refractivity contribution in [3.8, 4) is 5.88 Å². The lowest BCUT2D eigenvalue weighted by molar-refractivity contribution is -0.154. The maximum Gasteiger partial charge on any atom is 0.337 e. The predicted octanol–water partition coefficient (Wildman–Crippen LogP) is 2.72. The van der Waals surface area contributed by atoms with E-state index < -0.39 is 5.41 Å². The highest BCUT2D eigenvalue weighted by Gasteiger charge is 2.30. The number of fused-ring (bicyclic) bond motifs is 1. The lowest BCUT2D eigenvalue weighted by Gasteiger charge is -2.23. The molecule has 0 aromatic carbocycles. The minimum absolute atomic E-state index is 0.257. The number of ether oxygens (including phenoxy) is 1. The highest BCUT2D eigenvalue weighted by Crippen LogP contribution is 2.35. The van der Waals surface area contributed by atoms with E-state index in [2.05, 4.69) is 20.9 Å². The van der Waals surface area contributed by atoms with Crippen molar-refractivity contribution >= 4 is 27.6 Å². The first-order valence-electron chi connectivity index (χ1n) is 6.06. The molecular weight excluding hydrogens is 312 g/mol. The number of halogens is 1. The fourth-order valence-electron chi connectivity index (χ4n) is 1.70. The molecule has 0 fully saturated rings. The third-order valence-electron chi connectivity index (χ3n) is 2.82. The second-order valence-electron chi connectivity index (χ2n) is 5.43. The third kappa shape index (κ3) is 2.83. The first kappa shape index (κ1) is 14.1. The van der Waals surface area contributed by atoms with Gasteiger partial charge in [-0.15, -0.1) is 0 Å². The molecule has 0 amide bonds. The van der Waals surface area contributed by atoms with E-state index in [1.165, 1.54) is 0 Å². The molecule has 1 aromatic rings. The Morgan fingerprint density at radius 2 is 2.16 bits per heavy atom. The van der Waals surface area contributed by atoms with Crippen LogP contribution in [0.1, 0.15) is 26.5 Å². The number of hydroxylamine groups is 1. The number of nitrogens with zero attached hydrogens (tertiary/aromatic N) is 2. The van der Waals surface area contributed by atoms with Crippen LogP contribution in [-0.2, 0) is 16.1 Å². The van der Waals surface area contributed by atoms with Crippen molar-refractivity contribution in [1.29, 1.82) is 0 Å². The standard InChI is InChI=1S/C13H17BrN2O3/c1-13(2,3)12(17)19-16-6-5-9-10(16)7-8(14)11(15-9)18-4/h7H,5-6H2,1-4H3. The van der Waals surface area contributed by atoms with E-state index in [4.69, 9.17) is 9.57 Å². The number of pyridine rings is 1. The Morgan fingerprint density at radius 3 is 2.74 bits per heavy atom. The van der Waals surface area contributed by atoms with Crippen molar-refractivity contribution in [2.24, 2.45) is 5.41 Å². The number of hydrogen-bond donors (Lipinski definition) is 0. The molecule has 0 N–H and O–H groups in total. The summed E-state index contributed by atoms with van der Waals surface area (Å²) in [7, 11) is 1.58. The molecule has 19 heavy (non-hydrogen) atoms. The summed E-state index contributed by atoms with van der Waals surface area (Å²) >= 11 is 3.39. The van der Waals surface area contributed by atoms with Crippen LogP contribution in [0.4, 0.5) is 5.69 Å². The van der Waals surface area contributed by atoms with E-state index >= 15 is 0 Å². The Morgan fingerprint density at radius 1 is 1.47 bits per heavy atom. The van der Waals surface area contributed by atoms with Crippen molar-refractivity contribution in [3.63, 3.8) is 0 Å². The molecule has 1 aliphatic rings. The van der Waals surface area contributed by atoms with Crippen molar-refractivity contribution in [2.45, 2.75) is 27.2 Å². The van der Waals surface area contributed by atoms with Crippen LogP contribution in [0.5, 0.6) is 5.88 Å². The highest BCUT2D eigenvalue weighted by molar-refractivity contribution is 9.10. The summed E-state index contributed by atoms with van der Waals surface area (Å²) < 4.78 is 5.90. The molecule has 104 valence electrons. The Bertz CT molecular complexity index is 511. The van der Waals surface area contributed by atoms with Gasteiger partial charge in [-0.3, -0.25) is 0 Å². The molecule has 1 aliphatic heterocycles. The average molecular weight is 329 g/mol. The molecular formula is C13H17BrN2O3. The number of rotatable bonds is 2. The monoisotopic (exact) mass is 328 g/mol. The minimum atomic E-state index is -0.528. The van der Waals surface area contributed by atoms with Gasteiger partial charge in [0, 0.05) is 6.42 Å². The number of methoxy groups -OCH3 is 1. The van der Waals surface area contributed by atoms with Gasteiger partial charge >= 0.3 is 5.97 Å². The molecule has 0 saturated heterocycles. The van der Waals surface area contributed by atoms with Crippen LogP contribution >= 0.6 is 15.9 Å². The smallest absolute Gasteiger partial charge is 0.337 e. The van der Waals surface area contributed by atoms with Gasteiger partial charge in [0.15, 0.2) is 0 Å². The average Bonchev–Trinajstić information content (AvgIpc) is 2.69. The van der Waals surface area contributed by atoms with Gasteiger partial charge in [0.1, 0.15) is 0 Å². The van der Waals surface area contributed by atoms with Crippen LogP contribution in [0.15, 0.2) is 10.5 Å². The molecule has 0 unspecified atom stereocenters. The Kier molecular flexibility index (Phi) is 3.71. The van der Waals surface area contributed by atoms with Crippen LogP contribution in [0.2, 0.25) is 0 Å². The summed E-state index contributed by atoms with van der Waals surface area (Å²) in [5.74, 6) is 0.287. The van der Waals surface area contributed by atoms with E-state index in [1.54, 1.807) is 12.2 Å². The molecule has 6 heteroatoms. The molecule has 2 rings (SSSR count). The van der Waals surface area contributed by atoms with Gasteiger partial charge < -0.3 is 9.57 Å². The number of carbonyl (C=O) groups is 1. The van der Waals surface area contributed by atoms with Crippen molar-refractivity contribution < 1.29 is 14.4 Å². The topological polar surface area (TPSA) is 51.7 Å². The number of aromatic nitrogens is 1. The van der Waals surface area contributed by atoms with Gasteiger partial charge in [-0.05, 0) is 42.8 Å². The summed E-state index contributed by atoms with van der Waals surface area (Å²) in [6.07, 6.45) is 0.733. The fourth-order valence-corrected chi connectivity index (χ4v) is 2.17. The van der Waals surface area contributed by atoms with Gasteiger partial charge in [-0.1, -0.05) is 0 Å². The molecule has 0 spiro atoms. The lowest BCUT2D eigenvalue weighted by Crippen LogP contribution is -2.32. The summed E-state index contributed by atoms with van der Waals surface area (Å²) in [6, 6.07) is 1.87. The normalized spacial score (nSPS) is 14.3. The molecule has 0 aliphatic carbocycles. The summed E-state index contributed by atoms with van der Waals surface area (Å²) in [5, 5.41) is 1.60. The van der Waals surface area contributed by atoms with E-state index in [9.17, 15) is 4.79 Å². The van der Waals surface area contributed by atoms with Crippen LogP contribution in [-0.4, -0.2) is 24.6 Å². The maximum absolute atomic E-state index is 11.9. The summed E-state index contributed by atoms with van der Waals surface area (Å²) in [4.78, 5) is 21.7. The minimum Gasteiger partial charge on any atom is -0.480 e. The number of carbonyl (C=O) groups excluding carboxylic acids is 1. The van der Waals surface area contributed by atoms with Crippen molar-refractivity contribution in [1.82, 2.24) is 4.98 Å². The highest BCUT2D eigenvalue weighted by atomic mass is 79.9. The SMILES string of the molecule is COc1nc2c(cc1Br)N(OC(=O)C(C)(C)C)CC2. The summed E-state index contributed by atoms with van der Waals surface area (Å²) in [5.41, 5.74) is 1.16. The van der Waals surface area contributed by atoms with Crippen LogP contribution < -0.4 is 9.80 Å². The van der Waals surface area contributed by atoms with E-state index in [-0.39, 0.29) is 5.97 Å². The second-order valence-corrected chi connectivity index (χ2v) is 6.28. The number of anilines is 1. The maximum atomic E-state index is 11.9. The Labute approximate surface area is 121 Å². The molecule has 1 aromatic heterocycles. The molecule has 0 bridgehead atoms. The first-order chi connectivity index (χ1) is 8.82. The Balaban J connectivity index is 2.23. The van der Waals surface area contributed by atoms with Gasteiger partial charge in [0.05, 0.1) is 34.9 Å². The van der Waals surface area contributed by atoms with E-state index in [0.29, 0.717) is 12.4 Å².